The molecule has 0 bridgehead atoms. The predicted molar refractivity (Wildman–Crippen MR) is 136 cm³/mol. The minimum Gasteiger partial charge on any atom is -0.488 e. The molecule has 5 nitrogen and oxygen atoms in total. The zero-order chi connectivity index (χ0) is 22.7. The van der Waals surface area contributed by atoms with Crippen LogP contribution < -0.4 is 10.3 Å². The lowest BCUT2D eigenvalue weighted by atomic mass is 10.1. The number of rotatable bonds is 6. The van der Waals surface area contributed by atoms with Crippen molar-refractivity contribution in [3.8, 4) is 5.75 Å². The third kappa shape index (κ3) is 5.00. The van der Waals surface area contributed by atoms with E-state index >= 15 is 0 Å². The molecule has 0 radical (unpaired) electrons. The van der Waals surface area contributed by atoms with Gasteiger partial charge in [-0.3, -0.25) is 4.79 Å². The number of ether oxygens (including phenoxy) is 1. The van der Waals surface area contributed by atoms with Gasteiger partial charge in [0, 0.05) is 10.9 Å². The highest BCUT2D eigenvalue weighted by molar-refractivity contribution is 9.10. The Bertz CT molecular complexity index is 1380. The number of fused-ring (bicyclic) bond motifs is 1. The van der Waals surface area contributed by atoms with Crippen LogP contribution in [0.2, 0.25) is 0 Å². The lowest BCUT2D eigenvalue weighted by Gasteiger charge is -2.10. The second-order valence-electron chi connectivity index (χ2n) is 7.37. The summed E-state index contributed by atoms with van der Waals surface area (Å²) in [5.41, 5.74) is 3.63. The van der Waals surface area contributed by atoms with E-state index in [9.17, 15) is 4.79 Å². The SMILES string of the molecule is CCc1nc2ccc(Br)cc2c(=O)n1N=Cc1ccc(OCc2cccc(C)c2)c(Br)c1. The normalized spacial score (nSPS) is 11.4. The molecule has 32 heavy (non-hydrogen) atoms. The van der Waals surface area contributed by atoms with E-state index in [0.717, 1.165) is 25.8 Å². The molecule has 0 aliphatic heterocycles. The largest absolute Gasteiger partial charge is 0.488 e. The Morgan fingerprint density at radius 1 is 1.09 bits per heavy atom. The number of hydrogen-bond acceptors (Lipinski definition) is 4. The van der Waals surface area contributed by atoms with Crippen LogP contribution in [0.3, 0.4) is 0 Å². The Morgan fingerprint density at radius 3 is 2.69 bits per heavy atom. The fraction of sp³-hybridized carbons (Fsp3) is 0.160. The first kappa shape index (κ1) is 22.4. The number of halogens is 2. The van der Waals surface area contributed by atoms with Crippen molar-refractivity contribution in [2.75, 3.05) is 0 Å². The van der Waals surface area contributed by atoms with E-state index in [4.69, 9.17) is 4.74 Å². The predicted octanol–water partition coefficient (Wildman–Crippen LogP) is 6.25. The van der Waals surface area contributed by atoms with Crippen LogP contribution in [0.25, 0.3) is 10.9 Å². The summed E-state index contributed by atoms with van der Waals surface area (Å²) in [4.78, 5) is 17.6. The molecule has 7 heteroatoms. The van der Waals surface area contributed by atoms with Gasteiger partial charge in [-0.1, -0.05) is 52.7 Å². The second kappa shape index (κ2) is 9.79. The fourth-order valence-corrected chi connectivity index (χ4v) is 4.22. The summed E-state index contributed by atoms with van der Waals surface area (Å²) in [5.74, 6) is 1.35. The van der Waals surface area contributed by atoms with Crippen molar-refractivity contribution in [1.29, 1.82) is 0 Å². The first-order valence-electron chi connectivity index (χ1n) is 10.2. The first-order chi connectivity index (χ1) is 15.4. The van der Waals surface area contributed by atoms with Gasteiger partial charge in [-0.2, -0.15) is 9.78 Å². The summed E-state index contributed by atoms with van der Waals surface area (Å²) in [6.07, 6.45) is 2.25. The van der Waals surface area contributed by atoms with Crippen molar-refractivity contribution in [2.24, 2.45) is 5.10 Å². The molecule has 0 amide bonds. The number of aromatic nitrogens is 2. The van der Waals surface area contributed by atoms with E-state index in [2.05, 4.69) is 61.0 Å². The molecular formula is C25H21Br2N3O2. The summed E-state index contributed by atoms with van der Waals surface area (Å²) in [6.45, 7) is 4.50. The van der Waals surface area contributed by atoms with Crippen LogP contribution in [0.15, 0.2) is 79.5 Å². The lowest BCUT2D eigenvalue weighted by Crippen LogP contribution is -2.22. The van der Waals surface area contributed by atoms with Gasteiger partial charge in [0.25, 0.3) is 5.56 Å². The molecule has 0 saturated carbocycles. The highest BCUT2D eigenvalue weighted by atomic mass is 79.9. The van der Waals surface area contributed by atoms with Crippen molar-refractivity contribution < 1.29 is 4.74 Å². The van der Waals surface area contributed by atoms with E-state index in [1.54, 1.807) is 12.3 Å². The average molecular weight is 555 g/mol. The van der Waals surface area contributed by atoms with E-state index in [1.807, 2.05) is 49.4 Å². The minimum atomic E-state index is -0.193. The maximum absolute atomic E-state index is 13.0. The topological polar surface area (TPSA) is 56.5 Å². The molecule has 4 rings (SSSR count). The highest BCUT2D eigenvalue weighted by Gasteiger charge is 2.10. The van der Waals surface area contributed by atoms with Crippen molar-refractivity contribution >= 4 is 49.0 Å². The second-order valence-corrected chi connectivity index (χ2v) is 9.14. The molecule has 0 fully saturated rings. The van der Waals surface area contributed by atoms with Crippen LogP contribution in [0, 0.1) is 6.92 Å². The Kier molecular flexibility index (Phi) is 6.86. The van der Waals surface area contributed by atoms with Gasteiger partial charge in [-0.15, -0.1) is 0 Å². The van der Waals surface area contributed by atoms with Crippen molar-refractivity contribution in [2.45, 2.75) is 26.9 Å². The maximum atomic E-state index is 13.0. The number of benzene rings is 3. The van der Waals surface area contributed by atoms with E-state index in [0.29, 0.717) is 29.8 Å². The molecule has 162 valence electrons. The number of hydrogen-bond donors (Lipinski definition) is 0. The molecule has 0 unspecified atom stereocenters. The molecule has 3 aromatic carbocycles. The highest BCUT2D eigenvalue weighted by Crippen LogP contribution is 2.26. The standard InChI is InChI=1S/C25H21Br2N3O2/c1-3-24-29-22-9-8-19(26)13-20(22)25(31)30(24)28-14-17-7-10-23(21(27)12-17)32-15-18-6-4-5-16(2)11-18/h4-14H,3,15H2,1-2H3. The monoisotopic (exact) mass is 553 g/mol. The molecule has 0 aliphatic carbocycles. The van der Waals surface area contributed by atoms with Gasteiger partial charge in [0.1, 0.15) is 18.2 Å². The van der Waals surface area contributed by atoms with Crippen molar-refractivity contribution in [1.82, 2.24) is 9.66 Å². The van der Waals surface area contributed by atoms with Gasteiger partial charge in [0.05, 0.1) is 21.6 Å². The molecule has 1 heterocycles. The van der Waals surface area contributed by atoms with Crippen molar-refractivity contribution in [3.05, 3.63) is 102 Å². The Morgan fingerprint density at radius 2 is 1.94 bits per heavy atom. The number of aryl methyl sites for hydroxylation is 2. The Hall–Kier alpha value is -2.77. The van der Waals surface area contributed by atoms with Crippen LogP contribution in [0.4, 0.5) is 0 Å². The van der Waals surface area contributed by atoms with Gasteiger partial charge in [0.2, 0.25) is 0 Å². The summed E-state index contributed by atoms with van der Waals surface area (Å²) >= 11 is 6.99. The summed E-state index contributed by atoms with van der Waals surface area (Å²) in [7, 11) is 0. The van der Waals surface area contributed by atoms with Gasteiger partial charge in [0.15, 0.2) is 0 Å². The van der Waals surface area contributed by atoms with E-state index < -0.39 is 0 Å². The molecule has 4 aromatic rings. The van der Waals surface area contributed by atoms with Crippen LogP contribution in [-0.4, -0.2) is 15.9 Å². The van der Waals surface area contributed by atoms with Gasteiger partial charge in [-0.25, -0.2) is 4.98 Å². The first-order valence-corrected chi connectivity index (χ1v) is 11.8. The van der Waals surface area contributed by atoms with Crippen LogP contribution in [0.5, 0.6) is 5.75 Å². The minimum absolute atomic E-state index is 0.193. The zero-order valence-electron chi connectivity index (χ0n) is 17.7. The molecule has 1 aromatic heterocycles. The average Bonchev–Trinajstić information content (AvgIpc) is 2.78. The fourth-order valence-electron chi connectivity index (χ4n) is 3.34. The lowest BCUT2D eigenvalue weighted by molar-refractivity contribution is 0.304. The molecule has 0 N–H and O–H groups in total. The molecule has 0 spiro atoms. The molecule has 0 atom stereocenters. The third-order valence-electron chi connectivity index (χ3n) is 4.95. The van der Waals surface area contributed by atoms with Crippen LogP contribution in [0.1, 0.15) is 29.4 Å². The number of nitrogens with zero attached hydrogens (tertiary/aromatic N) is 3. The van der Waals surface area contributed by atoms with E-state index in [-0.39, 0.29) is 5.56 Å². The Labute approximate surface area is 203 Å². The van der Waals surface area contributed by atoms with E-state index in [1.165, 1.54) is 10.2 Å². The zero-order valence-corrected chi connectivity index (χ0v) is 20.9. The van der Waals surface area contributed by atoms with Crippen molar-refractivity contribution in [3.63, 3.8) is 0 Å². The summed E-state index contributed by atoms with van der Waals surface area (Å²) < 4.78 is 8.96. The summed E-state index contributed by atoms with van der Waals surface area (Å²) in [5, 5.41) is 4.96. The van der Waals surface area contributed by atoms with Gasteiger partial charge < -0.3 is 4.74 Å². The van der Waals surface area contributed by atoms with Crippen LogP contribution in [-0.2, 0) is 13.0 Å². The molecular weight excluding hydrogens is 534 g/mol. The molecule has 0 saturated heterocycles. The quantitative estimate of drug-likeness (QED) is 0.264. The Balaban J connectivity index is 1.58. The third-order valence-corrected chi connectivity index (χ3v) is 6.06. The molecule has 0 aliphatic rings. The maximum Gasteiger partial charge on any atom is 0.282 e. The van der Waals surface area contributed by atoms with Gasteiger partial charge in [-0.05, 0) is 70.4 Å². The summed E-state index contributed by atoms with van der Waals surface area (Å²) in [6, 6.07) is 19.4. The van der Waals surface area contributed by atoms with Crippen LogP contribution >= 0.6 is 31.9 Å². The smallest absolute Gasteiger partial charge is 0.282 e. The van der Waals surface area contributed by atoms with Gasteiger partial charge >= 0.3 is 0 Å².